The molecule has 2 nitrogen and oxygen atoms in total. The minimum absolute atomic E-state index is 0.676. The molecule has 0 atom stereocenters. The predicted molar refractivity (Wildman–Crippen MR) is 79.6 cm³/mol. The van der Waals surface area contributed by atoms with E-state index in [9.17, 15) is 0 Å². The minimum atomic E-state index is 0.676. The van der Waals surface area contributed by atoms with Gasteiger partial charge in [-0.05, 0) is 59.0 Å². The molecule has 0 saturated carbocycles. The van der Waals surface area contributed by atoms with Crippen LogP contribution in [0.1, 0.15) is 24.8 Å². The highest BCUT2D eigenvalue weighted by Crippen LogP contribution is 2.20. The van der Waals surface area contributed by atoms with Gasteiger partial charge in [0, 0.05) is 16.7 Å². The lowest BCUT2D eigenvalue weighted by atomic mass is 10.2. The summed E-state index contributed by atoms with van der Waals surface area (Å²) >= 11 is 5.29. The zero-order valence-corrected chi connectivity index (χ0v) is 12.4. The number of benzene rings is 1. The fourth-order valence-electron chi connectivity index (χ4n) is 1.50. The van der Waals surface area contributed by atoms with Crippen molar-refractivity contribution in [1.82, 2.24) is 0 Å². The van der Waals surface area contributed by atoms with Crippen molar-refractivity contribution in [3.05, 3.63) is 28.2 Å². The first-order valence-corrected chi connectivity index (χ1v) is 7.89. The van der Waals surface area contributed by atoms with Gasteiger partial charge >= 0.3 is 0 Å². The third kappa shape index (κ3) is 5.47. The molecule has 0 heterocycles. The van der Waals surface area contributed by atoms with Crippen LogP contribution in [0, 0.1) is 11.3 Å². The second-order valence-electron chi connectivity index (χ2n) is 3.79. The van der Waals surface area contributed by atoms with Crippen LogP contribution in [0.2, 0.25) is 0 Å². The third-order valence-corrected chi connectivity index (χ3v) is 3.80. The van der Waals surface area contributed by atoms with E-state index in [1.165, 1.54) is 25.0 Å². The molecule has 0 aliphatic rings. The Morgan fingerprint density at radius 2 is 2.18 bits per heavy atom. The average molecular weight is 313 g/mol. The Labute approximate surface area is 116 Å². The van der Waals surface area contributed by atoms with Crippen molar-refractivity contribution in [3.63, 3.8) is 0 Å². The topological polar surface area (TPSA) is 35.8 Å². The van der Waals surface area contributed by atoms with Crippen LogP contribution in [-0.4, -0.2) is 18.6 Å². The molecule has 17 heavy (non-hydrogen) atoms. The number of rotatable bonds is 7. The Hall–Kier alpha value is -0.660. The van der Waals surface area contributed by atoms with Crippen LogP contribution in [0.15, 0.2) is 22.7 Å². The molecule has 0 unspecified atom stereocenters. The maximum Gasteiger partial charge on any atom is 0.100 e. The van der Waals surface area contributed by atoms with Gasteiger partial charge in [-0.3, -0.25) is 0 Å². The first-order chi connectivity index (χ1) is 8.27. The standard InChI is InChI=1S/C13H17BrN2S/c1-17-8-4-2-3-7-16-12-6-5-11(10-15)13(14)9-12/h5-6,9,16H,2-4,7-8H2,1H3. The lowest BCUT2D eigenvalue weighted by Gasteiger charge is -2.07. The van der Waals surface area contributed by atoms with Crippen LogP contribution in [0.4, 0.5) is 5.69 Å². The second kappa shape index (κ2) is 8.43. The number of unbranched alkanes of at least 4 members (excludes halogenated alkanes) is 2. The van der Waals surface area contributed by atoms with Gasteiger partial charge < -0.3 is 5.32 Å². The Bertz CT molecular complexity index is 387. The van der Waals surface area contributed by atoms with Gasteiger partial charge in [0.25, 0.3) is 0 Å². The zero-order chi connectivity index (χ0) is 12.5. The molecular weight excluding hydrogens is 296 g/mol. The van der Waals surface area contributed by atoms with Crippen molar-refractivity contribution < 1.29 is 0 Å². The van der Waals surface area contributed by atoms with E-state index in [1.54, 1.807) is 0 Å². The molecule has 0 saturated heterocycles. The van der Waals surface area contributed by atoms with Crippen molar-refractivity contribution in [2.24, 2.45) is 0 Å². The molecule has 0 aliphatic heterocycles. The van der Waals surface area contributed by atoms with Gasteiger partial charge in [-0.2, -0.15) is 17.0 Å². The summed E-state index contributed by atoms with van der Waals surface area (Å²) in [6.45, 7) is 0.993. The molecule has 0 bridgehead atoms. The molecule has 4 heteroatoms. The van der Waals surface area contributed by atoms with Gasteiger partial charge in [-0.1, -0.05) is 6.42 Å². The Kier molecular flexibility index (Phi) is 7.14. The summed E-state index contributed by atoms with van der Waals surface area (Å²) < 4.78 is 0.854. The van der Waals surface area contributed by atoms with Gasteiger partial charge in [-0.25, -0.2) is 0 Å². The zero-order valence-electron chi connectivity index (χ0n) is 10.0. The molecule has 92 valence electrons. The molecule has 1 aromatic rings. The first kappa shape index (κ1) is 14.4. The molecule has 1 rings (SSSR count). The summed E-state index contributed by atoms with van der Waals surface area (Å²) in [6, 6.07) is 7.88. The lowest BCUT2D eigenvalue weighted by Crippen LogP contribution is -2.01. The van der Waals surface area contributed by atoms with Gasteiger partial charge in [0.1, 0.15) is 6.07 Å². The summed E-state index contributed by atoms with van der Waals surface area (Å²) in [7, 11) is 0. The number of nitriles is 1. The largest absolute Gasteiger partial charge is 0.385 e. The number of nitrogens with zero attached hydrogens (tertiary/aromatic N) is 1. The SMILES string of the molecule is CSCCCCCNc1ccc(C#N)c(Br)c1. The molecular formula is C13H17BrN2S. The number of halogens is 1. The smallest absolute Gasteiger partial charge is 0.100 e. The number of nitrogens with one attached hydrogen (secondary N) is 1. The van der Waals surface area contributed by atoms with Crippen LogP contribution in [0.5, 0.6) is 0 Å². The fourth-order valence-corrected chi connectivity index (χ4v) is 2.46. The quantitative estimate of drug-likeness (QED) is 0.764. The molecule has 0 fully saturated rings. The van der Waals surface area contributed by atoms with E-state index >= 15 is 0 Å². The van der Waals surface area contributed by atoms with E-state index in [0.717, 1.165) is 16.7 Å². The van der Waals surface area contributed by atoms with Crippen molar-refractivity contribution in [1.29, 1.82) is 5.26 Å². The maximum absolute atomic E-state index is 8.80. The highest BCUT2D eigenvalue weighted by molar-refractivity contribution is 9.10. The van der Waals surface area contributed by atoms with Crippen LogP contribution in [-0.2, 0) is 0 Å². The minimum Gasteiger partial charge on any atom is -0.385 e. The summed E-state index contributed by atoms with van der Waals surface area (Å²) in [4.78, 5) is 0. The van der Waals surface area contributed by atoms with E-state index in [0.29, 0.717) is 5.56 Å². The molecule has 0 aliphatic carbocycles. The van der Waals surface area contributed by atoms with Gasteiger partial charge in [0.2, 0.25) is 0 Å². The lowest BCUT2D eigenvalue weighted by molar-refractivity contribution is 0.750. The molecule has 0 amide bonds. The van der Waals surface area contributed by atoms with Crippen LogP contribution >= 0.6 is 27.7 Å². The number of hydrogen-bond donors (Lipinski definition) is 1. The third-order valence-electron chi connectivity index (χ3n) is 2.44. The van der Waals surface area contributed by atoms with Gasteiger partial charge in [0.05, 0.1) is 5.56 Å². The van der Waals surface area contributed by atoms with Crippen LogP contribution in [0.25, 0.3) is 0 Å². The van der Waals surface area contributed by atoms with Crippen molar-refractivity contribution >= 4 is 33.4 Å². The fraction of sp³-hybridized carbons (Fsp3) is 0.462. The van der Waals surface area contributed by atoms with E-state index in [1.807, 2.05) is 30.0 Å². The Morgan fingerprint density at radius 3 is 2.82 bits per heavy atom. The molecule has 1 N–H and O–H groups in total. The normalized spacial score (nSPS) is 9.94. The second-order valence-corrected chi connectivity index (χ2v) is 5.63. The van der Waals surface area contributed by atoms with Crippen molar-refractivity contribution in [2.75, 3.05) is 23.9 Å². The van der Waals surface area contributed by atoms with E-state index < -0.39 is 0 Å². The van der Waals surface area contributed by atoms with Gasteiger partial charge in [-0.15, -0.1) is 0 Å². The monoisotopic (exact) mass is 312 g/mol. The average Bonchev–Trinajstić information content (AvgIpc) is 2.34. The van der Waals surface area contributed by atoms with Crippen molar-refractivity contribution in [2.45, 2.75) is 19.3 Å². The number of anilines is 1. The Balaban J connectivity index is 2.28. The van der Waals surface area contributed by atoms with E-state index in [-0.39, 0.29) is 0 Å². The predicted octanol–water partition coefficient (Wildman–Crippen LogP) is 4.27. The summed E-state index contributed by atoms with van der Waals surface area (Å²) in [5.74, 6) is 1.25. The highest BCUT2D eigenvalue weighted by atomic mass is 79.9. The van der Waals surface area contributed by atoms with Crippen LogP contribution in [0.3, 0.4) is 0 Å². The van der Waals surface area contributed by atoms with E-state index in [2.05, 4.69) is 33.6 Å². The number of hydrogen-bond acceptors (Lipinski definition) is 3. The summed E-state index contributed by atoms with van der Waals surface area (Å²) in [5.41, 5.74) is 1.75. The van der Waals surface area contributed by atoms with Crippen LogP contribution < -0.4 is 5.32 Å². The maximum atomic E-state index is 8.80. The van der Waals surface area contributed by atoms with Gasteiger partial charge in [0.15, 0.2) is 0 Å². The Morgan fingerprint density at radius 1 is 1.35 bits per heavy atom. The van der Waals surface area contributed by atoms with E-state index in [4.69, 9.17) is 5.26 Å². The van der Waals surface area contributed by atoms with Crippen molar-refractivity contribution in [3.8, 4) is 6.07 Å². The molecule has 1 aromatic carbocycles. The highest BCUT2D eigenvalue weighted by Gasteiger charge is 1.99. The molecule has 0 radical (unpaired) electrons. The number of thioether (sulfide) groups is 1. The summed E-state index contributed by atoms with van der Waals surface area (Å²) in [5, 5.41) is 12.2. The summed E-state index contributed by atoms with van der Waals surface area (Å²) in [6.07, 6.45) is 5.90. The first-order valence-electron chi connectivity index (χ1n) is 5.70. The molecule has 0 spiro atoms. The molecule has 0 aromatic heterocycles.